The first-order chi connectivity index (χ1) is 14.7. The SMILES string of the molecule is O=c1[nH]c2ccccc2cc1-c1cc2cc(OCC(O)CN3CCCC3)ccc2[nH]1. The molecule has 1 saturated heterocycles. The van der Waals surface area contributed by atoms with E-state index in [1.54, 1.807) is 0 Å². The van der Waals surface area contributed by atoms with Crippen LogP contribution in [0.1, 0.15) is 12.8 Å². The highest BCUT2D eigenvalue weighted by atomic mass is 16.5. The maximum absolute atomic E-state index is 12.6. The van der Waals surface area contributed by atoms with Gasteiger partial charge in [0, 0.05) is 23.0 Å². The molecule has 5 rings (SSSR count). The van der Waals surface area contributed by atoms with Crippen molar-refractivity contribution in [3.8, 4) is 17.0 Å². The zero-order valence-corrected chi connectivity index (χ0v) is 16.7. The fourth-order valence-corrected chi connectivity index (χ4v) is 4.20. The number of pyridine rings is 1. The Labute approximate surface area is 174 Å². The average molecular weight is 403 g/mol. The molecule has 0 saturated carbocycles. The number of likely N-dealkylation sites (tertiary alicyclic amines) is 1. The smallest absolute Gasteiger partial charge is 0.257 e. The molecule has 0 aliphatic carbocycles. The van der Waals surface area contributed by atoms with Crippen LogP contribution < -0.4 is 10.3 Å². The number of hydrogen-bond donors (Lipinski definition) is 3. The molecule has 1 aliphatic heterocycles. The van der Waals surface area contributed by atoms with Crippen molar-refractivity contribution in [2.75, 3.05) is 26.2 Å². The molecular weight excluding hydrogens is 378 g/mol. The largest absolute Gasteiger partial charge is 0.491 e. The van der Waals surface area contributed by atoms with Gasteiger partial charge in [-0.3, -0.25) is 4.79 Å². The molecule has 0 spiro atoms. The number of rotatable bonds is 6. The summed E-state index contributed by atoms with van der Waals surface area (Å²) in [6, 6.07) is 17.4. The third-order valence-corrected chi connectivity index (χ3v) is 5.75. The number of aliphatic hydroxyl groups is 1. The molecule has 4 aromatic rings. The van der Waals surface area contributed by atoms with E-state index in [-0.39, 0.29) is 12.2 Å². The van der Waals surface area contributed by atoms with Crippen molar-refractivity contribution in [1.82, 2.24) is 14.9 Å². The number of aliphatic hydroxyl groups excluding tert-OH is 1. The zero-order valence-electron chi connectivity index (χ0n) is 16.7. The van der Waals surface area contributed by atoms with Crippen molar-refractivity contribution in [3.63, 3.8) is 0 Å². The zero-order chi connectivity index (χ0) is 20.5. The molecule has 0 radical (unpaired) electrons. The van der Waals surface area contributed by atoms with Gasteiger partial charge in [0.25, 0.3) is 5.56 Å². The quantitative estimate of drug-likeness (QED) is 0.460. The van der Waals surface area contributed by atoms with Crippen LogP contribution in [0.2, 0.25) is 0 Å². The summed E-state index contributed by atoms with van der Waals surface area (Å²) < 4.78 is 5.82. The molecule has 0 bridgehead atoms. The van der Waals surface area contributed by atoms with Crippen LogP contribution in [0.4, 0.5) is 0 Å². The molecule has 3 N–H and O–H groups in total. The number of aromatic amines is 2. The lowest BCUT2D eigenvalue weighted by Crippen LogP contribution is -2.33. The third kappa shape index (κ3) is 3.84. The molecule has 6 nitrogen and oxygen atoms in total. The molecule has 1 atom stereocenters. The molecule has 154 valence electrons. The van der Waals surface area contributed by atoms with Crippen LogP contribution in [-0.2, 0) is 0 Å². The van der Waals surface area contributed by atoms with Crippen LogP contribution in [0.15, 0.2) is 59.4 Å². The van der Waals surface area contributed by atoms with E-state index in [1.165, 1.54) is 12.8 Å². The highest BCUT2D eigenvalue weighted by molar-refractivity contribution is 5.89. The maximum Gasteiger partial charge on any atom is 0.257 e. The lowest BCUT2D eigenvalue weighted by molar-refractivity contribution is 0.0759. The number of ether oxygens (including phenoxy) is 1. The average Bonchev–Trinajstić information content (AvgIpc) is 3.41. The second kappa shape index (κ2) is 7.97. The van der Waals surface area contributed by atoms with E-state index in [0.29, 0.717) is 17.9 Å². The predicted octanol–water partition coefficient (Wildman–Crippen LogP) is 3.51. The Balaban J connectivity index is 1.35. The van der Waals surface area contributed by atoms with E-state index >= 15 is 0 Å². The summed E-state index contributed by atoms with van der Waals surface area (Å²) >= 11 is 0. The van der Waals surface area contributed by atoms with E-state index in [9.17, 15) is 9.90 Å². The molecule has 3 heterocycles. The van der Waals surface area contributed by atoms with Gasteiger partial charge in [-0.05, 0) is 67.7 Å². The number of aromatic nitrogens is 2. The van der Waals surface area contributed by atoms with Gasteiger partial charge < -0.3 is 24.7 Å². The summed E-state index contributed by atoms with van der Waals surface area (Å²) in [5.41, 5.74) is 3.01. The number of para-hydroxylation sites is 1. The van der Waals surface area contributed by atoms with Gasteiger partial charge in [0.15, 0.2) is 0 Å². The maximum atomic E-state index is 12.6. The monoisotopic (exact) mass is 403 g/mol. The number of fused-ring (bicyclic) bond motifs is 2. The topological polar surface area (TPSA) is 81.3 Å². The van der Waals surface area contributed by atoms with Crippen LogP contribution in [0.3, 0.4) is 0 Å². The van der Waals surface area contributed by atoms with Crippen LogP contribution in [-0.4, -0.2) is 52.3 Å². The second-order valence-electron chi connectivity index (χ2n) is 8.00. The molecule has 6 heteroatoms. The van der Waals surface area contributed by atoms with Gasteiger partial charge in [0.2, 0.25) is 0 Å². The first kappa shape index (κ1) is 18.9. The summed E-state index contributed by atoms with van der Waals surface area (Å²) in [7, 11) is 0. The fraction of sp³-hybridized carbons (Fsp3) is 0.292. The summed E-state index contributed by atoms with van der Waals surface area (Å²) in [5.74, 6) is 0.709. The standard InChI is InChI=1S/C24H25N3O3/c28-18(14-27-9-3-4-10-27)15-30-19-7-8-22-17(11-19)13-23(25-22)20-12-16-5-1-2-6-21(16)26-24(20)29/h1-2,5-8,11-13,18,25,28H,3-4,9-10,14-15H2,(H,26,29). The third-order valence-electron chi connectivity index (χ3n) is 5.75. The van der Waals surface area contributed by atoms with E-state index < -0.39 is 6.10 Å². The predicted molar refractivity (Wildman–Crippen MR) is 119 cm³/mol. The first-order valence-corrected chi connectivity index (χ1v) is 10.4. The molecule has 1 aliphatic rings. The minimum absolute atomic E-state index is 0.123. The van der Waals surface area contributed by atoms with Crippen LogP contribution in [0, 0.1) is 0 Å². The number of benzene rings is 2. The van der Waals surface area contributed by atoms with Crippen molar-refractivity contribution < 1.29 is 9.84 Å². The van der Waals surface area contributed by atoms with E-state index in [2.05, 4.69) is 14.9 Å². The minimum Gasteiger partial charge on any atom is -0.491 e. The summed E-state index contributed by atoms with van der Waals surface area (Å²) in [4.78, 5) is 21.1. The van der Waals surface area contributed by atoms with E-state index in [0.717, 1.165) is 40.6 Å². The van der Waals surface area contributed by atoms with Crippen molar-refractivity contribution in [1.29, 1.82) is 0 Å². The van der Waals surface area contributed by atoms with Gasteiger partial charge in [0.05, 0.1) is 11.3 Å². The number of nitrogens with one attached hydrogen (secondary N) is 2. The van der Waals surface area contributed by atoms with E-state index in [1.807, 2.05) is 54.6 Å². The Morgan fingerprint density at radius 1 is 0.967 bits per heavy atom. The Hall–Kier alpha value is -3.09. The molecule has 2 aromatic heterocycles. The van der Waals surface area contributed by atoms with Crippen molar-refractivity contribution >= 4 is 21.8 Å². The normalized spacial score (nSPS) is 15.8. The summed E-state index contributed by atoms with van der Waals surface area (Å²) in [5, 5.41) is 12.2. The molecule has 2 aromatic carbocycles. The van der Waals surface area contributed by atoms with Crippen molar-refractivity contribution in [2.45, 2.75) is 18.9 Å². The Bertz CT molecular complexity index is 1240. The van der Waals surface area contributed by atoms with Crippen LogP contribution in [0.5, 0.6) is 5.75 Å². The number of hydrogen-bond acceptors (Lipinski definition) is 4. The van der Waals surface area contributed by atoms with Crippen LogP contribution in [0.25, 0.3) is 33.1 Å². The molecule has 1 fully saturated rings. The number of H-pyrrole nitrogens is 2. The van der Waals surface area contributed by atoms with Crippen molar-refractivity contribution in [2.24, 2.45) is 0 Å². The Morgan fingerprint density at radius 3 is 2.63 bits per heavy atom. The van der Waals surface area contributed by atoms with Gasteiger partial charge in [-0.2, -0.15) is 0 Å². The molecule has 0 amide bonds. The Kier molecular flexibility index (Phi) is 5.02. The number of nitrogens with zero attached hydrogens (tertiary/aromatic N) is 1. The highest BCUT2D eigenvalue weighted by Crippen LogP contribution is 2.27. The van der Waals surface area contributed by atoms with Gasteiger partial charge in [0.1, 0.15) is 18.5 Å². The first-order valence-electron chi connectivity index (χ1n) is 10.4. The van der Waals surface area contributed by atoms with Gasteiger partial charge >= 0.3 is 0 Å². The molecule has 30 heavy (non-hydrogen) atoms. The van der Waals surface area contributed by atoms with Gasteiger partial charge in [-0.25, -0.2) is 0 Å². The second-order valence-corrected chi connectivity index (χ2v) is 8.00. The van der Waals surface area contributed by atoms with Crippen molar-refractivity contribution in [3.05, 3.63) is 65.0 Å². The number of β-amino-alcohol motifs (C(OH)–C–C–N with tert-alkyl or cyclic N) is 1. The van der Waals surface area contributed by atoms with Gasteiger partial charge in [-0.15, -0.1) is 0 Å². The summed E-state index contributed by atoms with van der Waals surface area (Å²) in [6.07, 6.45) is 1.91. The lowest BCUT2D eigenvalue weighted by atomic mass is 10.1. The van der Waals surface area contributed by atoms with Crippen LogP contribution >= 0.6 is 0 Å². The summed E-state index contributed by atoms with van der Waals surface area (Å²) in [6.45, 7) is 3.04. The van der Waals surface area contributed by atoms with Gasteiger partial charge in [-0.1, -0.05) is 18.2 Å². The lowest BCUT2D eigenvalue weighted by Gasteiger charge is -2.19. The molecular formula is C24H25N3O3. The fourth-order valence-electron chi connectivity index (χ4n) is 4.20. The molecule has 1 unspecified atom stereocenters. The van der Waals surface area contributed by atoms with E-state index in [4.69, 9.17) is 4.74 Å². The Morgan fingerprint density at radius 2 is 1.77 bits per heavy atom. The minimum atomic E-state index is -0.503. The highest BCUT2D eigenvalue weighted by Gasteiger charge is 2.16.